The highest BCUT2D eigenvalue weighted by atomic mass is 16.5. The molecular formula is C5H13NO. The van der Waals surface area contributed by atoms with Gasteiger partial charge >= 0.3 is 0 Å². The summed E-state index contributed by atoms with van der Waals surface area (Å²) in [6.45, 7) is 2.08. The van der Waals surface area contributed by atoms with Gasteiger partial charge in [0.15, 0.2) is 0 Å². The van der Waals surface area contributed by atoms with Crippen molar-refractivity contribution in [1.29, 1.82) is 0 Å². The first kappa shape index (κ1) is 6.92. The van der Waals surface area contributed by atoms with E-state index in [1.807, 2.05) is 0 Å². The molecule has 0 aliphatic rings. The Hall–Kier alpha value is -0.0800. The van der Waals surface area contributed by atoms with E-state index in [9.17, 15) is 0 Å². The fraction of sp³-hybridized carbons (Fsp3) is 1.00. The monoisotopic (exact) mass is 103 g/mol. The molecule has 0 saturated heterocycles. The smallest absolute Gasteiger partial charge is 0.105 e. The lowest BCUT2D eigenvalue weighted by Gasteiger charge is -2.04. The Kier molecular flexibility index (Phi) is 4.04. The van der Waals surface area contributed by atoms with Gasteiger partial charge in [0.2, 0.25) is 0 Å². The third-order valence-corrected chi connectivity index (χ3v) is 0.876. The first-order valence-electron chi connectivity index (χ1n) is 2.59. The molecule has 2 N–H and O–H groups in total. The molecule has 0 aromatic carbocycles. The average molecular weight is 103 g/mol. The first-order valence-corrected chi connectivity index (χ1v) is 2.59. The number of methoxy groups -OCH3 is 1. The highest BCUT2D eigenvalue weighted by Gasteiger charge is 1.92. The van der Waals surface area contributed by atoms with Crippen molar-refractivity contribution in [3.8, 4) is 0 Å². The highest BCUT2D eigenvalue weighted by molar-refractivity contribution is 4.41. The van der Waals surface area contributed by atoms with E-state index >= 15 is 0 Å². The quantitative estimate of drug-likeness (QED) is 0.534. The molecule has 0 unspecified atom stereocenters. The van der Waals surface area contributed by atoms with Crippen LogP contribution in [0.4, 0.5) is 0 Å². The maximum atomic E-state index is 5.36. The molecule has 0 heterocycles. The summed E-state index contributed by atoms with van der Waals surface area (Å²) >= 11 is 0. The molecule has 7 heavy (non-hydrogen) atoms. The Balaban J connectivity index is 2.83. The topological polar surface area (TPSA) is 35.2 Å². The van der Waals surface area contributed by atoms with Crippen LogP contribution in [0.25, 0.3) is 0 Å². The van der Waals surface area contributed by atoms with Crippen LogP contribution >= 0.6 is 0 Å². The van der Waals surface area contributed by atoms with E-state index in [2.05, 4.69) is 6.92 Å². The van der Waals surface area contributed by atoms with Crippen molar-refractivity contribution >= 4 is 0 Å². The summed E-state index contributed by atoms with van der Waals surface area (Å²) in [7, 11) is 1.63. The zero-order chi connectivity index (χ0) is 5.70. The second-order valence-electron chi connectivity index (χ2n) is 1.56. The van der Waals surface area contributed by atoms with Gasteiger partial charge in [0.1, 0.15) is 6.23 Å². The Morgan fingerprint density at radius 1 is 1.71 bits per heavy atom. The minimum atomic E-state index is -0.0509. The van der Waals surface area contributed by atoms with Crippen LogP contribution in [0.2, 0.25) is 0 Å². The van der Waals surface area contributed by atoms with E-state index in [-0.39, 0.29) is 6.23 Å². The van der Waals surface area contributed by atoms with E-state index < -0.39 is 0 Å². The number of hydrogen-bond acceptors (Lipinski definition) is 2. The van der Waals surface area contributed by atoms with Crippen molar-refractivity contribution in [2.24, 2.45) is 5.73 Å². The highest BCUT2D eigenvalue weighted by Crippen LogP contribution is 1.90. The van der Waals surface area contributed by atoms with Crippen LogP contribution in [-0.2, 0) is 4.74 Å². The Labute approximate surface area is 44.7 Å². The molecule has 2 heteroatoms. The van der Waals surface area contributed by atoms with E-state index in [1.54, 1.807) is 7.11 Å². The van der Waals surface area contributed by atoms with Gasteiger partial charge in [0.25, 0.3) is 0 Å². The normalized spacial score (nSPS) is 14.1. The SMILES string of the molecule is CCC[C@@H](N)OC. The van der Waals surface area contributed by atoms with E-state index in [1.165, 1.54) is 0 Å². The first-order chi connectivity index (χ1) is 3.31. The molecule has 0 fully saturated rings. The van der Waals surface area contributed by atoms with Crippen LogP contribution in [0.3, 0.4) is 0 Å². The number of hydrogen-bond donors (Lipinski definition) is 1. The molecule has 0 spiro atoms. The van der Waals surface area contributed by atoms with Crippen molar-refractivity contribution in [1.82, 2.24) is 0 Å². The molecule has 0 aromatic rings. The van der Waals surface area contributed by atoms with Crippen LogP contribution in [0.15, 0.2) is 0 Å². The van der Waals surface area contributed by atoms with Crippen molar-refractivity contribution in [3.05, 3.63) is 0 Å². The van der Waals surface area contributed by atoms with E-state index in [4.69, 9.17) is 10.5 Å². The van der Waals surface area contributed by atoms with Crippen LogP contribution < -0.4 is 5.73 Å². The third kappa shape index (κ3) is 3.76. The van der Waals surface area contributed by atoms with Gasteiger partial charge in [-0.05, 0) is 6.42 Å². The Bertz CT molecular complexity index is 39.1. The van der Waals surface area contributed by atoms with Gasteiger partial charge in [-0.3, -0.25) is 0 Å². The molecule has 0 aliphatic heterocycles. The lowest BCUT2D eigenvalue weighted by atomic mass is 10.3. The molecular weight excluding hydrogens is 90.1 g/mol. The summed E-state index contributed by atoms with van der Waals surface area (Å²) < 4.78 is 4.77. The van der Waals surface area contributed by atoms with Crippen molar-refractivity contribution in [2.75, 3.05) is 7.11 Å². The summed E-state index contributed by atoms with van der Waals surface area (Å²) in [6, 6.07) is 0. The molecule has 0 amide bonds. The van der Waals surface area contributed by atoms with Gasteiger partial charge in [0.05, 0.1) is 0 Å². The van der Waals surface area contributed by atoms with Gasteiger partial charge in [0, 0.05) is 7.11 Å². The van der Waals surface area contributed by atoms with Crippen molar-refractivity contribution < 1.29 is 4.74 Å². The maximum absolute atomic E-state index is 5.36. The van der Waals surface area contributed by atoms with Crippen LogP contribution in [0.1, 0.15) is 19.8 Å². The second kappa shape index (κ2) is 4.09. The number of nitrogens with two attached hydrogens (primary N) is 1. The fourth-order valence-electron chi connectivity index (χ4n) is 0.402. The minimum absolute atomic E-state index is 0.0509. The lowest BCUT2D eigenvalue weighted by Crippen LogP contribution is -2.20. The van der Waals surface area contributed by atoms with Crippen molar-refractivity contribution in [2.45, 2.75) is 26.0 Å². The zero-order valence-electron chi connectivity index (χ0n) is 4.98. The fourth-order valence-corrected chi connectivity index (χ4v) is 0.402. The second-order valence-corrected chi connectivity index (χ2v) is 1.56. The van der Waals surface area contributed by atoms with E-state index in [0.29, 0.717) is 0 Å². The summed E-state index contributed by atoms with van der Waals surface area (Å²) in [5.74, 6) is 0. The standard InChI is InChI=1S/C5H13NO/c1-3-4-5(6)7-2/h5H,3-4,6H2,1-2H3/t5-/m0/s1. The number of ether oxygens (including phenoxy) is 1. The molecule has 0 radical (unpaired) electrons. The summed E-state index contributed by atoms with van der Waals surface area (Å²) in [5.41, 5.74) is 5.36. The lowest BCUT2D eigenvalue weighted by molar-refractivity contribution is 0.100. The number of rotatable bonds is 3. The molecule has 0 rings (SSSR count). The molecule has 0 saturated carbocycles. The molecule has 44 valence electrons. The third-order valence-electron chi connectivity index (χ3n) is 0.876. The zero-order valence-corrected chi connectivity index (χ0v) is 4.98. The van der Waals surface area contributed by atoms with E-state index in [0.717, 1.165) is 12.8 Å². The van der Waals surface area contributed by atoms with Crippen LogP contribution in [0, 0.1) is 0 Å². The van der Waals surface area contributed by atoms with Gasteiger partial charge in [-0.15, -0.1) is 0 Å². The molecule has 0 aliphatic carbocycles. The molecule has 1 atom stereocenters. The molecule has 2 nitrogen and oxygen atoms in total. The van der Waals surface area contributed by atoms with Gasteiger partial charge in [-0.1, -0.05) is 13.3 Å². The summed E-state index contributed by atoms with van der Waals surface area (Å²) in [5, 5.41) is 0. The minimum Gasteiger partial charge on any atom is -0.367 e. The summed E-state index contributed by atoms with van der Waals surface area (Å²) in [6.07, 6.45) is 2.00. The predicted molar refractivity (Wildman–Crippen MR) is 29.9 cm³/mol. The molecule has 0 bridgehead atoms. The van der Waals surface area contributed by atoms with Crippen LogP contribution in [-0.4, -0.2) is 13.3 Å². The van der Waals surface area contributed by atoms with Crippen molar-refractivity contribution in [3.63, 3.8) is 0 Å². The van der Waals surface area contributed by atoms with Gasteiger partial charge in [-0.25, -0.2) is 0 Å². The Morgan fingerprint density at radius 2 is 2.29 bits per heavy atom. The largest absolute Gasteiger partial charge is 0.367 e. The van der Waals surface area contributed by atoms with Gasteiger partial charge in [-0.2, -0.15) is 0 Å². The van der Waals surface area contributed by atoms with Gasteiger partial charge < -0.3 is 10.5 Å². The maximum Gasteiger partial charge on any atom is 0.105 e. The average Bonchev–Trinajstić information content (AvgIpc) is 1.68. The molecule has 0 aromatic heterocycles. The predicted octanol–water partition coefficient (Wildman–Crippen LogP) is 0.718. The Morgan fingerprint density at radius 3 is 2.43 bits per heavy atom. The summed E-state index contributed by atoms with van der Waals surface area (Å²) in [4.78, 5) is 0. The van der Waals surface area contributed by atoms with Crippen LogP contribution in [0.5, 0.6) is 0 Å².